The highest BCUT2D eigenvalue weighted by atomic mass is 35.5. The number of hydrogen-bond acceptors (Lipinski definition) is 7. The second-order valence-electron chi connectivity index (χ2n) is 7.05. The number of hydrazine groups is 1. The number of amides is 3. The van der Waals surface area contributed by atoms with Gasteiger partial charge in [-0.25, -0.2) is 0 Å². The van der Waals surface area contributed by atoms with Crippen molar-refractivity contribution in [2.24, 2.45) is 5.92 Å². The van der Waals surface area contributed by atoms with Crippen LogP contribution < -0.4 is 20.2 Å². The number of carbonyl (C=O) groups excluding carboxylic acids is 4. The summed E-state index contributed by atoms with van der Waals surface area (Å²) >= 11 is 5.99. The molecule has 1 aliphatic heterocycles. The third-order valence-corrected chi connectivity index (χ3v) is 5.17. The number of halogens is 1. The first kappa shape index (κ1) is 23.9. The van der Waals surface area contributed by atoms with Crippen LogP contribution in [0.3, 0.4) is 0 Å². The molecule has 2 aromatic carbocycles. The lowest BCUT2D eigenvalue weighted by Gasteiger charge is -2.18. The van der Waals surface area contributed by atoms with Crippen molar-refractivity contribution in [2.45, 2.75) is 6.42 Å². The fourth-order valence-corrected chi connectivity index (χ4v) is 3.38. The molecule has 10 nitrogen and oxygen atoms in total. The molecular weight excluding hydrogens is 454 g/mol. The van der Waals surface area contributed by atoms with E-state index in [-0.39, 0.29) is 23.6 Å². The van der Waals surface area contributed by atoms with Crippen LogP contribution in [-0.4, -0.2) is 56.1 Å². The molecular formula is C22H22ClN3O7. The number of carbonyl (C=O) groups is 4. The minimum Gasteiger partial charge on any atom is -0.497 e. The smallest absolute Gasteiger partial charge is 0.311 e. The maximum absolute atomic E-state index is 12.4. The Balaban J connectivity index is 1.52. The number of rotatable bonds is 8. The standard InChI is InChI=1S/C22H22ClN3O7/c1-31-14-7-8-18(32-2)17(10-14)24-19(27)12-33-22(30)13-9-20(28)26(11-13)25-21(29)15-5-3-4-6-16(15)23/h3-8,10,13H,9,11-12H2,1-2H3,(H,24,27)(H,25,29)/t13-/m1/s1. The van der Waals surface area contributed by atoms with Crippen molar-refractivity contribution in [3.05, 3.63) is 53.1 Å². The Morgan fingerprint density at radius 1 is 1.12 bits per heavy atom. The number of nitrogens with zero attached hydrogens (tertiary/aromatic N) is 1. The van der Waals surface area contributed by atoms with Crippen LogP contribution in [-0.2, 0) is 19.1 Å². The third-order valence-electron chi connectivity index (χ3n) is 4.84. The van der Waals surface area contributed by atoms with Crippen molar-refractivity contribution in [2.75, 3.05) is 32.7 Å². The average molecular weight is 476 g/mol. The average Bonchev–Trinajstić information content (AvgIpc) is 3.17. The van der Waals surface area contributed by atoms with Gasteiger partial charge in [0.05, 0.1) is 43.0 Å². The summed E-state index contributed by atoms with van der Waals surface area (Å²) in [6, 6.07) is 11.2. The monoisotopic (exact) mass is 475 g/mol. The van der Waals surface area contributed by atoms with Crippen LogP contribution in [0.2, 0.25) is 5.02 Å². The first-order chi connectivity index (χ1) is 15.8. The maximum atomic E-state index is 12.4. The molecule has 1 fully saturated rings. The lowest BCUT2D eigenvalue weighted by molar-refractivity contribution is -0.151. The zero-order chi connectivity index (χ0) is 24.0. The summed E-state index contributed by atoms with van der Waals surface area (Å²) in [7, 11) is 2.93. The number of nitrogens with one attached hydrogen (secondary N) is 2. The second kappa shape index (κ2) is 10.7. The quantitative estimate of drug-likeness (QED) is 0.560. The van der Waals surface area contributed by atoms with Gasteiger partial charge in [0, 0.05) is 12.5 Å². The highest BCUT2D eigenvalue weighted by Crippen LogP contribution is 2.29. The Bertz CT molecular complexity index is 1080. The normalized spacial score (nSPS) is 15.1. The van der Waals surface area contributed by atoms with Gasteiger partial charge in [0.15, 0.2) is 6.61 Å². The predicted molar refractivity (Wildman–Crippen MR) is 118 cm³/mol. The fourth-order valence-electron chi connectivity index (χ4n) is 3.15. The zero-order valence-corrected chi connectivity index (χ0v) is 18.7. The summed E-state index contributed by atoms with van der Waals surface area (Å²) in [5.41, 5.74) is 2.99. The highest BCUT2D eigenvalue weighted by molar-refractivity contribution is 6.33. The van der Waals surface area contributed by atoms with E-state index in [0.717, 1.165) is 5.01 Å². The Kier molecular flexibility index (Phi) is 7.73. The summed E-state index contributed by atoms with van der Waals surface area (Å²) in [5.74, 6) is -2.28. The summed E-state index contributed by atoms with van der Waals surface area (Å²) < 4.78 is 15.4. The van der Waals surface area contributed by atoms with Crippen molar-refractivity contribution in [1.82, 2.24) is 10.4 Å². The number of benzene rings is 2. The van der Waals surface area contributed by atoms with E-state index in [0.29, 0.717) is 17.2 Å². The molecule has 1 heterocycles. The molecule has 2 N–H and O–H groups in total. The molecule has 0 aliphatic carbocycles. The molecule has 3 rings (SSSR count). The van der Waals surface area contributed by atoms with Gasteiger partial charge in [0.2, 0.25) is 5.91 Å². The number of methoxy groups -OCH3 is 2. The number of hydrogen-bond donors (Lipinski definition) is 2. The fraction of sp³-hybridized carbons (Fsp3) is 0.273. The molecule has 33 heavy (non-hydrogen) atoms. The number of ether oxygens (including phenoxy) is 3. The molecule has 0 radical (unpaired) electrons. The third kappa shape index (κ3) is 5.92. The molecule has 0 unspecified atom stereocenters. The molecule has 0 bridgehead atoms. The molecule has 1 atom stereocenters. The molecule has 0 spiro atoms. The first-order valence-electron chi connectivity index (χ1n) is 9.86. The SMILES string of the molecule is COc1ccc(OC)c(NC(=O)COC(=O)[C@@H]2CC(=O)N(NC(=O)c3ccccc3Cl)C2)c1. The van der Waals surface area contributed by atoms with E-state index in [1.165, 1.54) is 20.3 Å². The van der Waals surface area contributed by atoms with E-state index in [2.05, 4.69) is 10.7 Å². The van der Waals surface area contributed by atoms with Gasteiger partial charge < -0.3 is 19.5 Å². The van der Waals surface area contributed by atoms with Crippen molar-refractivity contribution < 1.29 is 33.4 Å². The lowest BCUT2D eigenvalue weighted by Crippen LogP contribution is -2.43. The van der Waals surface area contributed by atoms with Crippen LogP contribution in [0.4, 0.5) is 5.69 Å². The molecule has 174 valence electrons. The van der Waals surface area contributed by atoms with Crippen molar-refractivity contribution in [1.29, 1.82) is 0 Å². The van der Waals surface area contributed by atoms with Gasteiger partial charge in [0.1, 0.15) is 11.5 Å². The van der Waals surface area contributed by atoms with E-state index in [4.69, 9.17) is 25.8 Å². The molecule has 11 heteroatoms. The Hall–Kier alpha value is -3.79. The molecule has 2 aromatic rings. The van der Waals surface area contributed by atoms with Gasteiger partial charge >= 0.3 is 5.97 Å². The van der Waals surface area contributed by atoms with Gasteiger partial charge in [-0.15, -0.1) is 0 Å². The Morgan fingerprint density at radius 3 is 2.58 bits per heavy atom. The first-order valence-corrected chi connectivity index (χ1v) is 10.2. The molecule has 3 amide bonds. The van der Waals surface area contributed by atoms with Crippen molar-refractivity contribution in [3.63, 3.8) is 0 Å². The van der Waals surface area contributed by atoms with Crippen molar-refractivity contribution >= 4 is 41.0 Å². The Labute approximate surface area is 194 Å². The molecule has 1 aliphatic rings. The maximum Gasteiger partial charge on any atom is 0.311 e. The summed E-state index contributed by atoms with van der Waals surface area (Å²) in [4.78, 5) is 49.2. The van der Waals surface area contributed by atoms with Gasteiger partial charge in [0.25, 0.3) is 11.8 Å². The minimum absolute atomic E-state index is 0.0841. The molecule has 0 aromatic heterocycles. The van der Waals surface area contributed by atoms with Crippen LogP contribution >= 0.6 is 11.6 Å². The van der Waals surface area contributed by atoms with Crippen molar-refractivity contribution in [3.8, 4) is 11.5 Å². The van der Waals surface area contributed by atoms with Crippen LogP contribution in [0.25, 0.3) is 0 Å². The number of anilines is 1. The second-order valence-corrected chi connectivity index (χ2v) is 7.46. The van der Waals surface area contributed by atoms with Gasteiger partial charge in [-0.2, -0.15) is 0 Å². The molecule has 0 saturated carbocycles. The summed E-state index contributed by atoms with van der Waals surface area (Å²) in [6.07, 6.45) is -0.160. The van der Waals surface area contributed by atoms with Crippen LogP contribution in [0.5, 0.6) is 11.5 Å². The predicted octanol–water partition coefficient (Wildman–Crippen LogP) is 2.03. The van der Waals surface area contributed by atoms with E-state index < -0.39 is 36.2 Å². The zero-order valence-electron chi connectivity index (χ0n) is 17.9. The highest BCUT2D eigenvalue weighted by Gasteiger charge is 2.37. The van der Waals surface area contributed by atoms with E-state index >= 15 is 0 Å². The number of esters is 1. The van der Waals surface area contributed by atoms with Crippen LogP contribution in [0.1, 0.15) is 16.8 Å². The minimum atomic E-state index is -0.830. The van der Waals surface area contributed by atoms with Gasteiger partial charge in [-0.3, -0.25) is 29.6 Å². The Morgan fingerprint density at radius 2 is 1.88 bits per heavy atom. The van der Waals surface area contributed by atoms with E-state index in [9.17, 15) is 19.2 Å². The van der Waals surface area contributed by atoms with E-state index in [1.807, 2.05) is 0 Å². The van der Waals surface area contributed by atoms with Crippen LogP contribution in [0, 0.1) is 5.92 Å². The van der Waals surface area contributed by atoms with E-state index in [1.54, 1.807) is 36.4 Å². The topological polar surface area (TPSA) is 123 Å². The van der Waals surface area contributed by atoms with Crippen LogP contribution in [0.15, 0.2) is 42.5 Å². The van der Waals surface area contributed by atoms with Gasteiger partial charge in [-0.1, -0.05) is 23.7 Å². The lowest BCUT2D eigenvalue weighted by atomic mass is 10.1. The molecule has 1 saturated heterocycles. The largest absolute Gasteiger partial charge is 0.497 e. The summed E-state index contributed by atoms with van der Waals surface area (Å²) in [5, 5.41) is 3.85. The summed E-state index contributed by atoms with van der Waals surface area (Å²) in [6.45, 7) is -0.644. The van der Waals surface area contributed by atoms with Gasteiger partial charge in [-0.05, 0) is 24.3 Å².